The number of hydrogen-bond donors (Lipinski definition) is 1. The number of ether oxygens (including phenoxy) is 2. The van der Waals surface area contributed by atoms with Crippen LogP contribution in [-0.2, 0) is 4.79 Å². The molecule has 1 aliphatic rings. The Kier molecular flexibility index (Phi) is 5.01. The highest BCUT2D eigenvalue weighted by Crippen LogP contribution is 2.30. The summed E-state index contributed by atoms with van der Waals surface area (Å²) in [6.45, 7) is 3.43. The Labute approximate surface area is 142 Å². The van der Waals surface area contributed by atoms with E-state index in [0.29, 0.717) is 19.7 Å². The highest BCUT2D eigenvalue weighted by molar-refractivity contribution is 5.92. The van der Waals surface area contributed by atoms with Crippen LogP contribution in [0.15, 0.2) is 48.5 Å². The number of rotatable bonds is 5. The molecule has 0 saturated carbocycles. The topological polar surface area (TPSA) is 50.8 Å². The molecular formula is C19H22N2O3. The third-order valence-corrected chi connectivity index (χ3v) is 3.83. The Balaban J connectivity index is 1.48. The quantitative estimate of drug-likeness (QED) is 0.918. The van der Waals surface area contributed by atoms with Crippen LogP contribution in [0, 0.1) is 6.92 Å². The lowest BCUT2D eigenvalue weighted by Gasteiger charge is -2.29. The van der Waals surface area contributed by atoms with Gasteiger partial charge in [0.25, 0.3) is 0 Å². The van der Waals surface area contributed by atoms with Gasteiger partial charge in [0, 0.05) is 12.2 Å². The number of anilines is 1. The van der Waals surface area contributed by atoms with E-state index in [2.05, 4.69) is 5.32 Å². The lowest BCUT2D eigenvalue weighted by Crippen LogP contribution is -2.42. The van der Waals surface area contributed by atoms with E-state index < -0.39 is 0 Å². The molecule has 2 aromatic rings. The molecule has 2 aromatic carbocycles. The van der Waals surface area contributed by atoms with E-state index >= 15 is 0 Å². The molecule has 1 heterocycles. The van der Waals surface area contributed by atoms with Crippen molar-refractivity contribution in [2.24, 2.45) is 0 Å². The summed E-state index contributed by atoms with van der Waals surface area (Å²) in [6.07, 6.45) is -0.0860. The van der Waals surface area contributed by atoms with Crippen LogP contribution < -0.4 is 14.8 Å². The van der Waals surface area contributed by atoms with Gasteiger partial charge in [-0.2, -0.15) is 0 Å². The number of hydrogen-bond acceptors (Lipinski definition) is 4. The number of nitrogens with zero attached hydrogens (tertiary/aromatic N) is 1. The highest BCUT2D eigenvalue weighted by Gasteiger charge is 2.22. The molecule has 5 nitrogen and oxygen atoms in total. The van der Waals surface area contributed by atoms with Crippen molar-refractivity contribution in [3.63, 3.8) is 0 Å². The molecule has 1 aliphatic heterocycles. The molecule has 1 N–H and O–H groups in total. The Hall–Kier alpha value is -2.53. The van der Waals surface area contributed by atoms with Crippen LogP contribution in [0.5, 0.6) is 11.5 Å². The van der Waals surface area contributed by atoms with E-state index in [0.717, 1.165) is 17.2 Å². The average Bonchev–Trinajstić information content (AvgIpc) is 2.56. The van der Waals surface area contributed by atoms with Gasteiger partial charge >= 0.3 is 0 Å². The minimum Gasteiger partial charge on any atom is -0.486 e. The van der Waals surface area contributed by atoms with Crippen molar-refractivity contribution in [1.82, 2.24) is 4.90 Å². The summed E-state index contributed by atoms with van der Waals surface area (Å²) in [6, 6.07) is 15.4. The minimum atomic E-state index is -0.0860. The molecule has 1 atom stereocenters. The van der Waals surface area contributed by atoms with Gasteiger partial charge in [-0.05, 0) is 38.2 Å². The maximum absolute atomic E-state index is 12.1. The predicted molar refractivity (Wildman–Crippen MR) is 93.7 cm³/mol. The monoisotopic (exact) mass is 326 g/mol. The first-order valence-electron chi connectivity index (χ1n) is 8.04. The molecule has 0 aliphatic carbocycles. The smallest absolute Gasteiger partial charge is 0.238 e. The zero-order chi connectivity index (χ0) is 16.9. The number of carbonyl (C=O) groups is 1. The third-order valence-electron chi connectivity index (χ3n) is 3.83. The molecule has 24 heavy (non-hydrogen) atoms. The van der Waals surface area contributed by atoms with Gasteiger partial charge in [0.15, 0.2) is 11.5 Å². The van der Waals surface area contributed by atoms with E-state index in [1.165, 1.54) is 5.56 Å². The summed E-state index contributed by atoms with van der Waals surface area (Å²) in [4.78, 5) is 14.1. The fourth-order valence-corrected chi connectivity index (χ4v) is 2.65. The highest BCUT2D eigenvalue weighted by atomic mass is 16.6. The van der Waals surface area contributed by atoms with Crippen LogP contribution in [0.25, 0.3) is 0 Å². The molecule has 1 unspecified atom stereocenters. The molecule has 0 aromatic heterocycles. The summed E-state index contributed by atoms with van der Waals surface area (Å²) in [5, 5.41) is 2.90. The number of nitrogens with one attached hydrogen (secondary N) is 1. The number of carbonyl (C=O) groups excluding carboxylic acids is 1. The van der Waals surface area contributed by atoms with Gasteiger partial charge in [0.05, 0.1) is 6.54 Å². The molecule has 0 spiro atoms. The number of benzene rings is 2. The van der Waals surface area contributed by atoms with Crippen LogP contribution in [0.4, 0.5) is 5.69 Å². The molecule has 0 radical (unpaired) electrons. The largest absolute Gasteiger partial charge is 0.486 e. The average molecular weight is 326 g/mol. The van der Waals surface area contributed by atoms with Gasteiger partial charge in [-0.1, -0.05) is 29.8 Å². The van der Waals surface area contributed by atoms with Crippen molar-refractivity contribution < 1.29 is 14.3 Å². The zero-order valence-corrected chi connectivity index (χ0v) is 14.0. The van der Waals surface area contributed by atoms with Crippen molar-refractivity contribution in [2.45, 2.75) is 13.0 Å². The number of fused-ring (bicyclic) bond motifs is 1. The Morgan fingerprint density at radius 3 is 2.62 bits per heavy atom. The summed E-state index contributed by atoms with van der Waals surface area (Å²) >= 11 is 0. The third kappa shape index (κ3) is 4.26. The minimum absolute atomic E-state index is 0.0431. The molecule has 0 fully saturated rings. The maximum Gasteiger partial charge on any atom is 0.238 e. The molecule has 5 heteroatoms. The van der Waals surface area contributed by atoms with Crippen molar-refractivity contribution in [3.05, 3.63) is 54.1 Å². The first-order valence-corrected chi connectivity index (χ1v) is 8.04. The standard InChI is InChI=1S/C19H22N2O3/c1-14-7-9-15(10-8-14)20-19(22)12-21(2)11-16-13-23-17-5-3-4-6-18(17)24-16/h3-10,16H,11-13H2,1-2H3,(H,20,22). The molecule has 3 rings (SSSR count). The summed E-state index contributed by atoms with van der Waals surface area (Å²) in [5.74, 6) is 1.48. The Bertz CT molecular complexity index is 700. The zero-order valence-electron chi connectivity index (χ0n) is 14.0. The SMILES string of the molecule is Cc1ccc(NC(=O)CN(C)CC2COc3ccccc3O2)cc1. The summed E-state index contributed by atoms with van der Waals surface area (Å²) in [5.41, 5.74) is 1.98. The van der Waals surface area contributed by atoms with E-state index in [9.17, 15) is 4.79 Å². The number of aryl methyl sites for hydroxylation is 1. The van der Waals surface area contributed by atoms with Gasteiger partial charge in [0.1, 0.15) is 12.7 Å². The fraction of sp³-hybridized carbons (Fsp3) is 0.316. The predicted octanol–water partition coefficient (Wildman–Crippen LogP) is 2.71. The molecule has 126 valence electrons. The molecule has 0 bridgehead atoms. The normalized spacial score (nSPS) is 16.0. The van der Waals surface area contributed by atoms with E-state index in [4.69, 9.17) is 9.47 Å². The van der Waals surface area contributed by atoms with Crippen LogP contribution in [0.1, 0.15) is 5.56 Å². The fourth-order valence-electron chi connectivity index (χ4n) is 2.65. The van der Waals surface area contributed by atoms with Crippen LogP contribution >= 0.6 is 0 Å². The van der Waals surface area contributed by atoms with Gasteiger partial charge in [-0.25, -0.2) is 0 Å². The second kappa shape index (κ2) is 7.36. The van der Waals surface area contributed by atoms with Gasteiger partial charge in [-0.15, -0.1) is 0 Å². The van der Waals surface area contributed by atoms with Crippen molar-refractivity contribution in [2.75, 3.05) is 32.1 Å². The number of amides is 1. The second-order valence-corrected chi connectivity index (χ2v) is 6.11. The van der Waals surface area contributed by atoms with E-state index in [-0.39, 0.29) is 12.0 Å². The molecular weight excluding hydrogens is 304 g/mol. The Morgan fingerprint density at radius 1 is 1.17 bits per heavy atom. The summed E-state index contributed by atoms with van der Waals surface area (Å²) < 4.78 is 11.6. The first kappa shape index (κ1) is 16.3. The lowest BCUT2D eigenvalue weighted by molar-refractivity contribution is -0.117. The maximum atomic E-state index is 12.1. The first-order chi connectivity index (χ1) is 11.6. The van der Waals surface area contributed by atoms with Crippen LogP contribution in [-0.4, -0.2) is 43.7 Å². The number of likely N-dealkylation sites (N-methyl/N-ethyl adjacent to an activating group) is 1. The van der Waals surface area contributed by atoms with Gasteiger partial charge < -0.3 is 14.8 Å². The second-order valence-electron chi connectivity index (χ2n) is 6.11. The lowest BCUT2D eigenvalue weighted by atomic mass is 10.2. The summed E-state index contributed by atoms with van der Waals surface area (Å²) in [7, 11) is 1.90. The van der Waals surface area contributed by atoms with Gasteiger partial charge in [-0.3, -0.25) is 9.69 Å². The van der Waals surface area contributed by atoms with Crippen molar-refractivity contribution in [3.8, 4) is 11.5 Å². The van der Waals surface area contributed by atoms with Crippen LogP contribution in [0.3, 0.4) is 0 Å². The molecule has 1 amide bonds. The number of para-hydroxylation sites is 2. The van der Waals surface area contributed by atoms with Crippen molar-refractivity contribution >= 4 is 11.6 Å². The van der Waals surface area contributed by atoms with Crippen LogP contribution in [0.2, 0.25) is 0 Å². The molecule has 0 saturated heterocycles. The van der Waals surface area contributed by atoms with Gasteiger partial charge in [0.2, 0.25) is 5.91 Å². The van der Waals surface area contributed by atoms with E-state index in [1.54, 1.807) is 0 Å². The van der Waals surface area contributed by atoms with Crippen molar-refractivity contribution in [1.29, 1.82) is 0 Å². The Morgan fingerprint density at radius 2 is 1.88 bits per heavy atom. The van der Waals surface area contributed by atoms with E-state index in [1.807, 2.05) is 67.4 Å².